The summed E-state index contributed by atoms with van der Waals surface area (Å²) in [5.74, 6) is 0.752. The second kappa shape index (κ2) is 8.39. The first-order chi connectivity index (χ1) is 10.6. The van der Waals surface area contributed by atoms with Crippen LogP contribution in [-0.4, -0.2) is 17.8 Å². The average Bonchev–Trinajstić information content (AvgIpc) is 2.47. The summed E-state index contributed by atoms with van der Waals surface area (Å²) in [6, 6.07) is 13.1. The molecule has 0 amide bonds. The maximum atomic E-state index is 9.30. The number of hydrogen-bond donors (Lipinski definition) is 2. The van der Waals surface area contributed by atoms with E-state index < -0.39 is 6.10 Å². The third-order valence-electron chi connectivity index (χ3n) is 3.12. The highest BCUT2D eigenvalue weighted by Crippen LogP contribution is 2.25. The summed E-state index contributed by atoms with van der Waals surface area (Å²) in [7, 11) is 0. The van der Waals surface area contributed by atoms with Gasteiger partial charge in [0.25, 0.3) is 0 Å². The van der Waals surface area contributed by atoms with Gasteiger partial charge in [-0.2, -0.15) is 0 Å². The lowest BCUT2D eigenvalue weighted by Gasteiger charge is -2.14. The third kappa shape index (κ3) is 5.18. The number of benzene rings is 2. The van der Waals surface area contributed by atoms with Crippen LogP contribution in [0.4, 0.5) is 0 Å². The fourth-order valence-corrected chi connectivity index (χ4v) is 2.40. The number of rotatable bonds is 7. The Kier molecular flexibility index (Phi) is 6.52. The quantitative estimate of drug-likeness (QED) is 0.799. The van der Waals surface area contributed by atoms with Crippen molar-refractivity contribution in [2.45, 2.75) is 26.2 Å². The van der Waals surface area contributed by atoms with Crippen LogP contribution < -0.4 is 10.1 Å². The van der Waals surface area contributed by atoms with E-state index in [9.17, 15) is 5.11 Å². The van der Waals surface area contributed by atoms with Gasteiger partial charge in [-0.05, 0) is 31.2 Å². The molecule has 1 atom stereocenters. The zero-order valence-corrected chi connectivity index (χ0v) is 13.9. The van der Waals surface area contributed by atoms with Crippen molar-refractivity contribution in [3.8, 4) is 5.75 Å². The Morgan fingerprint density at radius 2 is 1.91 bits per heavy atom. The molecule has 0 fully saturated rings. The van der Waals surface area contributed by atoms with Crippen molar-refractivity contribution < 1.29 is 9.84 Å². The molecular formula is C17H19Cl2NO2. The second-order valence-electron chi connectivity index (χ2n) is 5.11. The predicted molar refractivity (Wildman–Crippen MR) is 90.6 cm³/mol. The highest BCUT2D eigenvalue weighted by Gasteiger charge is 2.07. The Bertz CT molecular complexity index is 617. The van der Waals surface area contributed by atoms with Crippen LogP contribution in [0.15, 0.2) is 42.5 Å². The molecule has 2 N–H and O–H groups in total. The van der Waals surface area contributed by atoms with Gasteiger partial charge < -0.3 is 15.2 Å². The summed E-state index contributed by atoms with van der Waals surface area (Å²) in [6.07, 6.45) is -0.397. The molecule has 2 aromatic carbocycles. The van der Waals surface area contributed by atoms with Gasteiger partial charge in [0.05, 0.1) is 6.10 Å². The summed E-state index contributed by atoms with van der Waals surface area (Å²) < 4.78 is 5.87. The largest absolute Gasteiger partial charge is 0.489 e. The smallest absolute Gasteiger partial charge is 0.124 e. The van der Waals surface area contributed by atoms with Gasteiger partial charge in [-0.15, -0.1) is 0 Å². The molecule has 0 heterocycles. The summed E-state index contributed by atoms with van der Waals surface area (Å²) in [5, 5.41) is 13.8. The van der Waals surface area contributed by atoms with Crippen LogP contribution in [0.3, 0.4) is 0 Å². The van der Waals surface area contributed by atoms with Crippen LogP contribution in [0, 0.1) is 0 Å². The van der Waals surface area contributed by atoms with Gasteiger partial charge in [-0.1, -0.05) is 41.4 Å². The van der Waals surface area contributed by atoms with E-state index in [1.807, 2.05) is 36.4 Å². The Labute approximate surface area is 140 Å². The number of hydrogen-bond acceptors (Lipinski definition) is 3. The molecule has 0 aromatic heterocycles. The predicted octanol–water partition coefficient (Wildman–Crippen LogP) is 4.04. The topological polar surface area (TPSA) is 41.5 Å². The molecule has 3 nitrogen and oxygen atoms in total. The molecular weight excluding hydrogens is 321 g/mol. The van der Waals surface area contributed by atoms with Crippen molar-refractivity contribution in [2.24, 2.45) is 0 Å². The van der Waals surface area contributed by atoms with Crippen molar-refractivity contribution >= 4 is 23.2 Å². The van der Waals surface area contributed by atoms with Crippen molar-refractivity contribution in [3.05, 3.63) is 63.6 Å². The molecule has 2 aromatic rings. The molecule has 0 aliphatic heterocycles. The van der Waals surface area contributed by atoms with E-state index in [2.05, 4.69) is 5.32 Å². The molecule has 0 saturated carbocycles. The van der Waals surface area contributed by atoms with Gasteiger partial charge >= 0.3 is 0 Å². The third-order valence-corrected chi connectivity index (χ3v) is 3.72. The summed E-state index contributed by atoms with van der Waals surface area (Å²) in [4.78, 5) is 0. The zero-order valence-electron chi connectivity index (χ0n) is 12.4. The lowest BCUT2D eigenvalue weighted by atomic mass is 10.2. The van der Waals surface area contributed by atoms with E-state index >= 15 is 0 Å². The van der Waals surface area contributed by atoms with Crippen molar-refractivity contribution in [2.75, 3.05) is 6.54 Å². The maximum absolute atomic E-state index is 9.30. The van der Waals surface area contributed by atoms with Gasteiger partial charge in [-0.3, -0.25) is 0 Å². The lowest BCUT2D eigenvalue weighted by molar-refractivity contribution is 0.190. The number of ether oxygens (including phenoxy) is 1. The maximum Gasteiger partial charge on any atom is 0.124 e. The Morgan fingerprint density at radius 1 is 1.14 bits per heavy atom. The van der Waals surface area contributed by atoms with Crippen LogP contribution >= 0.6 is 23.2 Å². The molecule has 22 heavy (non-hydrogen) atoms. The Morgan fingerprint density at radius 3 is 2.64 bits per heavy atom. The van der Waals surface area contributed by atoms with Gasteiger partial charge in [0.1, 0.15) is 12.4 Å². The van der Waals surface area contributed by atoms with E-state index in [1.54, 1.807) is 13.0 Å². The summed E-state index contributed by atoms with van der Waals surface area (Å²) in [5.41, 5.74) is 1.88. The van der Waals surface area contributed by atoms with Gasteiger partial charge in [0, 0.05) is 34.3 Å². The molecule has 0 aliphatic rings. The number of aliphatic hydroxyl groups excluding tert-OH is 1. The van der Waals surface area contributed by atoms with Crippen LogP contribution in [0.5, 0.6) is 5.75 Å². The van der Waals surface area contributed by atoms with Crippen LogP contribution in [0.1, 0.15) is 18.1 Å². The Hall–Kier alpha value is -1.26. The number of aliphatic hydroxyl groups is 1. The molecule has 0 radical (unpaired) electrons. The zero-order chi connectivity index (χ0) is 15.9. The molecule has 0 aliphatic carbocycles. The van der Waals surface area contributed by atoms with Crippen LogP contribution in [-0.2, 0) is 13.2 Å². The fourth-order valence-electron chi connectivity index (χ4n) is 2.01. The number of nitrogens with one attached hydrogen (secondary N) is 1. The van der Waals surface area contributed by atoms with E-state index in [0.717, 1.165) is 16.9 Å². The molecule has 2 rings (SSSR count). The normalized spacial score (nSPS) is 12.2. The van der Waals surface area contributed by atoms with Gasteiger partial charge in [0.2, 0.25) is 0 Å². The lowest BCUT2D eigenvalue weighted by Crippen LogP contribution is -2.24. The van der Waals surface area contributed by atoms with Crippen molar-refractivity contribution in [1.29, 1.82) is 0 Å². The minimum Gasteiger partial charge on any atom is -0.489 e. The van der Waals surface area contributed by atoms with Gasteiger partial charge in [0.15, 0.2) is 0 Å². The highest BCUT2D eigenvalue weighted by molar-refractivity contribution is 6.31. The minimum absolute atomic E-state index is 0.394. The molecule has 0 bridgehead atoms. The van der Waals surface area contributed by atoms with Crippen LogP contribution in [0.2, 0.25) is 10.0 Å². The van der Waals surface area contributed by atoms with E-state index in [0.29, 0.717) is 29.7 Å². The molecule has 0 saturated heterocycles. The average molecular weight is 340 g/mol. The molecule has 0 spiro atoms. The van der Waals surface area contributed by atoms with E-state index in [4.69, 9.17) is 27.9 Å². The standard InChI is InChI=1S/C17H19Cl2NO2/c1-12(21)9-20-10-14-8-15(18)6-7-17(14)22-11-13-4-2-3-5-16(13)19/h2-8,12,20-21H,9-11H2,1H3/t12-/m0/s1. The summed E-state index contributed by atoms with van der Waals surface area (Å²) >= 11 is 12.2. The van der Waals surface area contributed by atoms with E-state index in [1.165, 1.54) is 0 Å². The monoisotopic (exact) mass is 339 g/mol. The highest BCUT2D eigenvalue weighted by atomic mass is 35.5. The molecule has 118 valence electrons. The Balaban J connectivity index is 2.05. The van der Waals surface area contributed by atoms with Crippen LogP contribution in [0.25, 0.3) is 0 Å². The second-order valence-corrected chi connectivity index (χ2v) is 5.96. The first kappa shape index (κ1) is 17.1. The van der Waals surface area contributed by atoms with Gasteiger partial charge in [-0.25, -0.2) is 0 Å². The fraction of sp³-hybridized carbons (Fsp3) is 0.294. The summed E-state index contributed by atoms with van der Waals surface area (Å²) in [6.45, 7) is 3.21. The SMILES string of the molecule is C[C@H](O)CNCc1cc(Cl)ccc1OCc1ccccc1Cl. The molecule has 5 heteroatoms. The van der Waals surface area contributed by atoms with Crippen molar-refractivity contribution in [1.82, 2.24) is 5.32 Å². The number of halogens is 2. The van der Waals surface area contributed by atoms with E-state index in [-0.39, 0.29) is 0 Å². The minimum atomic E-state index is -0.397. The molecule has 0 unspecified atom stereocenters. The van der Waals surface area contributed by atoms with Crippen molar-refractivity contribution in [3.63, 3.8) is 0 Å². The first-order valence-corrected chi connectivity index (χ1v) is 7.85. The first-order valence-electron chi connectivity index (χ1n) is 7.09.